The number of hydrogen-bond acceptors (Lipinski definition) is 2. The monoisotopic (exact) mass is 267 g/mol. The zero-order chi connectivity index (χ0) is 13.2. The van der Waals surface area contributed by atoms with Crippen molar-refractivity contribution in [3.05, 3.63) is 64.9 Å². The SMILES string of the molecule is Nc1cccc(C#Cc2cc3cc(Cl)ccc3o2)c1. The topological polar surface area (TPSA) is 39.2 Å². The van der Waals surface area contributed by atoms with E-state index in [-0.39, 0.29) is 0 Å². The molecule has 3 heteroatoms. The highest BCUT2D eigenvalue weighted by molar-refractivity contribution is 6.31. The van der Waals surface area contributed by atoms with Crippen LogP contribution in [0.2, 0.25) is 5.02 Å². The average Bonchev–Trinajstić information content (AvgIpc) is 2.78. The number of furan rings is 1. The van der Waals surface area contributed by atoms with Crippen molar-refractivity contribution in [1.82, 2.24) is 0 Å². The van der Waals surface area contributed by atoms with E-state index in [4.69, 9.17) is 21.8 Å². The summed E-state index contributed by atoms with van der Waals surface area (Å²) in [5.74, 6) is 6.61. The lowest BCUT2D eigenvalue weighted by atomic mass is 10.2. The van der Waals surface area contributed by atoms with Crippen molar-refractivity contribution in [3.8, 4) is 11.8 Å². The quantitative estimate of drug-likeness (QED) is 0.493. The standard InChI is InChI=1S/C16H10ClNO/c17-13-5-7-16-12(9-13)10-15(19-16)6-4-11-2-1-3-14(18)8-11/h1-3,5,7-10H,18H2. The van der Waals surface area contributed by atoms with E-state index in [2.05, 4.69) is 11.8 Å². The van der Waals surface area contributed by atoms with Crippen molar-refractivity contribution in [2.75, 3.05) is 5.73 Å². The van der Waals surface area contributed by atoms with E-state index in [1.165, 1.54) is 0 Å². The fourth-order valence-corrected chi connectivity index (χ4v) is 2.01. The van der Waals surface area contributed by atoms with Gasteiger partial charge in [0.05, 0.1) is 0 Å². The Morgan fingerprint density at radius 2 is 1.89 bits per heavy atom. The molecule has 0 radical (unpaired) electrons. The van der Waals surface area contributed by atoms with Gasteiger partial charge < -0.3 is 10.2 Å². The summed E-state index contributed by atoms with van der Waals surface area (Å²) >= 11 is 5.93. The Balaban J connectivity index is 1.98. The normalized spacial score (nSPS) is 10.2. The predicted octanol–water partition coefficient (Wildman–Crippen LogP) is 4.07. The van der Waals surface area contributed by atoms with Crippen LogP contribution in [0.1, 0.15) is 11.3 Å². The molecule has 3 rings (SSSR count). The van der Waals surface area contributed by atoms with Gasteiger partial charge in [0.25, 0.3) is 0 Å². The van der Waals surface area contributed by atoms with Gasteiger partial charge in [-0.1, -0.05) is 23.6 Å². The third kappa shape index (κ3) is 2.57. The highest BCUT2D eigenvalue weighted by Crippen LogP contribution is 2.22. The molecule has 0 aliphatic rings. The number of fused-ring (bicyclic) bond motifs is 1. The molecule has 0 saturated carbocycles. The zero-order valence-corrected chi connectivity index (χ0v) is 10.7. The first-order valence-electron chi connectivity index (χ1n) is 5.77. The van der Waals surface area contributed by atoms with Crippen LogP contribution in [0.3, 0.4) is 0 Å². The van der Waals surface area contributed by atoms with Crippen LogP contribution < -0.4 is 5.73 Å². The summed E-state index contributed by atoms with van der Waals surface area (Å²) in [5.41, 5.74) is 8.04. The van der Waals surface area contributed by atoms with Gasteiger partial charge in [-0.15, -0.1) is 0 Å². The number of benzene rings is 2. The predicted molar refractivity (Wildman–Crippen MR) is 78.1 cm³/mol. The smallest absolute Gasteiger partial charge is 0.178 e. The largest absolute Gasteiger partial charge is 0.448 e. The number of hydrogen-bond donors (Lipinski definition) is 1. The molecule has 19 heavy (non-hydrogen) atoms. The molecule has 0 unspecified atom stereocenters. The third-order valence-corrected chi connectivity index (χ3v) is 2.93. The van der Waals surface area contributed by atoms with E-state index in [0.29, 0.717) is 16.5 Å². The van der Waals surface area contributed by atoms with Crippen molar-refractivity contribution in [2.24, 2.45) is 0 Å². The minimum Gasteiger partial charge on any atom is -0.448 e. The van der Waals surface area contributed by atoms with Crippen molar-refractivity contribution in [1.29, 1.82) is 0 Å². The van der Waals surface area contributed by atoms with Crippen molar-refractivity contribution in [2.45, 2.75) is 0 Å². The van der Waals surface area contributed by atoms with Crippen LogP contribution in [0.15, 0.2) is 52.9 Å². The third-order valence-electron chi connectivity index (χ3n) is 2.70. The van der Waals surface area contributed by atoms with Gasteiger partial charge >= 0.3 is 0 Å². The molecule has 2 N–H and O–H groups in total. The molecule has 2 nitrogen and oxygen atoms in total. The molecule has 1 heterocycles. The summed E-state index contributed by atoms with van der Waals surface area (Å²) in [6, 6.07) is 14.8. The van der Waals surface area contributed by atoms with Crippen LogP contribution in [0.25, 0.3) is 11.0 Å². The Kier molecular flexibility index (Phi) is 2.91. The molecule has 0 spiro atoms. The first kappa shape index (κ1) is 11.7. The highest BCUT2D eigenvalue weighted by Gasteiger charge is 2.01. The second-order valence-electron chi connectivity index (χ2n) is 4.17. The lowest BCUT2D eigenvalue weighted by Gasteiger charge is -1.91. The van der Waals surface area contributed by atoms with E-state index in [1.54, 1.807) is 6.07 Å². The van der Waals surface area contributed by atoms with Crippen LogP contribution in [0, 0.1) is 11.8 Å². The molecule has 0 fully saturated rings. The number of halogens is 1. The molecule has 0 aliphatic heterocycles. The van der Waals surface area contributed by atoms with E-state index in [1.807, 2.05) is 42.5 Å². The van der Waals surface area contributed by atoms with Gasteiger partial charge in [0.15, 0.2) is 5.76 Å². The molecule has 3 aromatic rings. The Labute approximate surface area is 115 Å². The highest BCUT2D eigenvalue weighted by atomic mass is 35.5. The van der Waals surface area contributed by atoms with Gasteiger partial charge in [0.2, 0.25) is 0 Å². The first-order chi connectivity index (χ1) is 9.20. The fourth-order valence-electron chi connectivity index (χ4n) is 1.83. The molecule has 0 aliphatic carbocycles. The van der Waals surface area contributed by atoms with Crippen molar-refractivity contribution in [3.63, 3.8) is 0 Å². The molecule has 92 valence electrons. The number of anilines is 1. The van der Waals surface area contributed by atoms with Gasteiger partial charge in [-0.2, -0.15) is 0 Å². The van der Waals surface area contributed by atoms with Crippen molar-refractivity contribution >= 4 is 28.3 Å². The fraction of sp³-hybridized carbons (Fsp3) is 0. The summed E-state index contributed by atoms with van der Waals surface area (Å²) in [6.07, 6.45) is 0. The van der Waals surface area contributed by atoms with Crippen LogP contribution in [0.4, 0.5) is 5.69 Å². The average molecular weight is 268 g/mol. The van der Waals surface area contributed by atoms with Crippen LogP contribution in [0.5, 0.6) is 0 Å². The number of rotatable bonds is 0. The van der Waals surface area contributed by atoms with Gasteiger partial charge in [-0.25, -0.2) is 0 Å². The van der Waals surface area contributed by atoms with E-state index in [9.17, 15) is 0 Å². The molecule has 0 saturated heterocycles. The second-order valence-corrected chi connectivity index (χ2v) is 4.60. The summed E-state index contributed by atoms with van der Waals surface area (Å²) < 4.78 is 5.61. The summed E-state index contributed by atoms with van der Waals surface area (Å²) in [7, 11) is 0. The maximum atomic E-state index is 5.93. The van der Waals surface area contributed by atoms with E-state index in [0.717, 1.165) is 16.5 Å². The molecule has 2 aromatic carbocycles. The van der Waals surface area contributed by atoms with E-state index >= 15 is 0 Å². The minimum atomic E-state index is 0.611. The van der Waals surface area contributed by atoms with Crippen molar-refractivity contribution < 1.29 is 4.42 Å². The first-order valence-corrected chi connectivity index (χ1v) is 6.15. The summed E-state index contributed by atoms with van der Waals surface area (Å²) in [4.78, 5) is 0. The van der Waals surface area contributed by atoms with Gasteiger partial charge in [0.1, 0.15) is 5.58 Å². The molecule has 1 aromatic heterocycles. The maximum Gasteiger partial charge on any atom is 0.178 e. The molecular formula is C16H10ClNO. The zero-order valence-electron chi connectivity index (χ0n) is 9.98. The number of nitrogens with two attached hydrogens (primary N) is 1. The van der Waals surface area contributed by atoms with Crippen LogP contribution in [-0.2, 0) is 0 Å². The molecular weight excluding hydrogens is 258 g/mol. The summed E-state index contributed by atoms with van der Waals surface area (Å²) in [5, 5.41) is 1.63. The minimum absolute atomic E-state index is 0.611. The molecule has 0 bridgehead atoms. The number of nitrogen functional groups attached to an aromatic ring is 1. The Morgan fingerprint density at radius 3 is 2.74 bits per heavy atom. The van der Waals surface area contributed by atoms with Gasteiger partial charge in [-0.3, -0.25) is 0 Å². The second kappa shape index (κ2) is 4.72. The van der Waals surface area contributed by atoms with Gasteiger partial charge in [-0.05, 0) is 42.3 Å². The Morgan fingerprint density at radius 1 is 1.00 bits per heavy atom. The maximum absolute atomic E-state index is 5.93. The Bertz CT molecular complexity index is 808. The van der Waals surface area contributed by atoms with Gasteiger partial charge in [0, 0.05) is 27.7 Å². The lowest BCUT2D eigenvalue weighted by Crippen LogP contribution is -1.84. The molecule has 0 amide bonds. The van der Waals surface area contributed by atoms with E-state index < -0.39 is 0 Å². The van der Waals surface area contributed by atoms with Crippen LogP contribution in [-0.4, -0.2) is 0 Å². The lowest BCUT2D eigenvalue weighted by molar-refractivity contribution is 0.601. The van der Waals surface area contributed by atoms with Crippen LogP contribution >= 0.6 is 11.6 Å². The molecule has 0 atom stereocenters. The Hall–Kier alpha value is -2.37. The summed E-state index contributed by atoms with van der Waals surface area (Å²) in [6.45, 7) is 0.